The third kappa shape index (κ3) is 5.29. The number of thioether (sulfide) groups is 1. The monoisotopic (exact) mass is 388 g/mol. The average molecular weight is 388 g/mol. The van der Waals surface area contributed by atoms with E-state index in [1.54, 1.807) is 19.4 Å². The Morgan fingerprint density at radius 3 is 2.70 bits per heavy atom. The summed E-state index contributed by atoms with van der Waals surface area (Å²) in [5, 5.41) is 12.1. The third-order valence-corrected chi connectivity index (χ3v) is 5.13. The van der Waals surface area contributed by atoms with Gasteiger partial charge < -0.3 is 14.8 Å². The number of nitrogens with one attached hydrogen (secondary N) is 1. The molecule has 8 nitrogen and oxygen atoms in total. The van der Waals surface area contributed by atoms with Crippen LogP contribution in [0.3, 0.4) is 0 Å². The first-order valence-corrected chi connectivity index (χ1v) is 10.1. The summed E-state index contributed by atoms with van der Waals surface area (Å²) in [6, 6.07) is 4.08. The number of rotatable bonds is 9. The lowest BCUT2D eigenvalue weighted by atomic mass is 10.2. The van der Waals surface area contributed by atoms with Gasteiger partial charge in [0.1, 0.15) is 0 Å². The highest BCUT2D eigenvalue weighted by molar-refractivity contribution is 7.99. The highest BCUT2D eigenvalue weighted by Crippen LogP contribution is 2.24. The van der Waals surface area contributed by atoms with Gasteiger partial charge in [0.05, 0.1) is 12.3 Å². The molecule has 2 amide bonds. The van der Waals surface area contributed by atoms with Gasteiger partial charge in [-0.3, -0.25) is 14.6 Å². The molecule has 3 rings (SSSR count). The maximum Gasteiger partial charge on any atom is 0.239 e. The van der Waals surface area contributed by atoms with E-state index in [9.17, 15) is 9.59 Å². The Labute approximate surface area is 162 Å². The van der Waals surface area contributed by atoms with Crippen molar-refractivity contribution in [2.24, 2.45) is 0 Å². The number of likely N-dealkylation sites (N-methyl/N-ethyl adjacent to an activating group) is 1. The topological polar surface area (TPSA) is 93.0 Å². The van der Waals surface area contributed by atoms with Crippen molar-refractivity contribution >= 4 is 23.6 Å². The van der Waals surface area contributed by atoms with Crippen LogP contribution in [0.1, 0.15) is 26.2 Å². The first-order chi connectivity index (χ1) is 13.1. The molecule has 9 heteroatoms. The average Bonchev–Trinajstić information content (AvgIpc) is 3.39. The zero-order chi connectivity index (χ0) is 19.2. The zero-order valence-corrected chi connectivity index (χ0v) is 16.4. The van der Waals surface area contributed by atoms with E-state index in [0.29, 0.717) is 11.2 Å². The van der Waals surface area contributed by atoms with Crippen LogP contribution in [0.5, 0.6) is 0 Å². The fraction of sp³-hybridized carbons (Fsp3) is 0.500. The van der Waals surface area contributed by atoms with E-state index >= 15 is 0 Å². The molecule has 0 radical (unpaired) electrons. The molecule has 2 aromatic rings. The van der Waals surface area contributed by atoms with E-state index in [1.165, 1.54) is 16.7 Å². The molecule has 1 N–H and O–H groups in total. The predicted octanol–water partition coefficient (Wildman–Crippen LogP) is 1.58. The van der Waals surface area contributed by atoms with Crippen molar-refractivity contribution in [1.82, 2.24) is 30.0 Å². The number of pyridine rings is 1. The summed E-state index contributed by atoms with van der Waals surface area (Å²) >= 11 is 1.34. The second-order valence-electron chi connectivity index (χ2n) is 6.57. The first-order valence-electron chi connectivity index (χ1n) is 9.08. The molecule has 1 aliphatic rings. The second-order valence-corrected chi connectivity index (χ2v) is 7.52. The van der Waals surface area contributed by atoms with Crippen molar-refractivity contribution in [2.75, 3.05) is 19.3 Å². The molecule has 1 aliphatic carbocycles. The molecule has 27 heavy (non-hydrogen) atoms. The minimum absolute atomic E-state index is 0.0831. The van der Waals surface area contributed by atoms with Crippen LogP contribution in [-0.4, -0.2) is 61.8 Å². The molecule has 0 saturated heterocycles. The summed E-state index contributed by atoms with van der Waals surface area (Å²) in [5.41, 5.74) is 0.943. The number of hydrogen-bond acceptors (Lipinski definition) is 6. The smallest absolute Gasteiger partial charge is 0.239 e. The molecular weight excluding hydrogens is 364 g/mol. The molecule has 0 unspecified atom stereocenters. The van der Waals surface area contributed by atoms with Gasteiger partial charge in [0.2, 0.25) is 11.8 Å². The summed E-state index contributed by atoms with van der Waals surface area (Å²) in [6.45, 7) is 2.93. The van der Waals surface area contributed by atoms with Crippen LogP contribution < -0.4 is 5.32 Å². The summed E-state index contributed by atoms with van der Waals surface area (Å²) in [7, 11) is 1.65. The Morgan fingerprint density at radius 2 is 2.04 bits per heavy atom. The lowest BCUT2D eigenvalue weighted by Crippen LogP contribution is -2.39. The van der Waals surface area contributed by atoms with Crippen molar-refractivity contribution in [3.05, 3.63) is 24.5 Å². The minimum atomic E-state index is -0.109. The number of aromatic nitrogens is 4. The van der Waals surface area contributed by atoms with E-state index in [0.717, 1.165) is 37.2 Å². The highest BCUT2D eigenvalue weighted by Gasteiger charge is 2.24. The normalized spacial score (nSPS) is 13.4. The van der Waals surface area contributed by atoms with Crippen LogP contribution in [0.25, 0.3) is 11.4 Å². The zero-order valence-electron chi connectivity index (χ0n) is 15.6. The van der Waals surface area contributed by atoms with E-state index in [4.69, 9.17) is 0 Å². The van der Waals surface area contributed by atoms with Crippen LogP contribution in [0.4, 0.5) is 0 Å². The van der Waals surface area contributed by atoms with Gasteiger partial charge in [-0.1, -0.05) is 18.7 Å². The van der Waals surface area contributed by atoms with Crippen LogP contribution in [0.2, 0.25) is 0 Å². The number of hydrogen-bond donors (Lipinski definition) is 1. The maximum absolute atomic E-state index is 12.4. The Balaban J connectivity index is 1.60. The predicted molar refractivity (Wildman–Crippen MR) is 103 cm³/mol. The SMILES string of the molecule is CCCn1c(SCC(=O)N(C)CC(=O)NC2CC2)nnc1-c1ccncc1. The quantitative estimate of drug-likeness (QED) is 0.656. The molecule has 144 valence electrons. The Kier molecular flexibility index (Phi) is 6.44. The number of carbonyl (C=O) groups is 2. The van der Waals surface area contributed by atoms with Gasteiger partial charge in [-0.05, 0) is 31.4 Å². The van der Waals surface area contributed by atoms with Crippen molar-refractivity contribution in [3.63, 3.8) is 0 Å². The molecule has 0 spiro atoms. The minimum Gasteiger partial charge on any atom is -0.352 e. The highest BCUT2D eigenvalue weighted by atomic mass is 32.2. The maximum atomic E-state index is 12.4. The Bertz CT molecular complexity index is 790. The summed E-state index contributed by atoms with van der Waals surface area (Å²) in [4.78, 5) is 29.7. The molecule has 0 atom stereocenters. The summed E-state index contributed by atoms with van der Waals surface area (Å²) in [5.74, 6) is 0.770. The van der Waals surface area contributed by atoms with Gasteiger partial charge in [-0.15, -0.1) is 10.2 Å². The van der Waals surface area contributed by atoms with Crippen molar-refractivity contribution in [2.45, 2.75) is 43.9 Å². The van der Waals surface area contributed by atoms with Gasteiger partial charge in [-0.25, -0.2) is 0 Å². The Morgan fingerprint density at radius 1 is 1.30 bits per heavy atom. The standard InChI is InChI=1S/C18H24N6O2S/c1-3-10-24-17(13-6-8-19-9-7-13)21-22-18(24)27-12-16(26)23(2)11-15(25)20-14-4-5-14/h6-9,14H,3-5,10-12H2,1-2H3,(H,20,25). The molecule has 0 aliphatic heterocycles. The molecular formula is C18H24N6O2S. The second kappa shape index (κ2) is 8.98. The number of nitrogens with zero attached hydrogens (tertiary/aromatic N) is 5. The fourth-order valence-corrected chi connectivity index (χ4v) is 3.48. The molecule has 1 fully saturated rings. The van der Waals surface area contributed by atoms with E-state index in [-0.39, 0.29) is 24.1 Å². The lowest BCUT2D eigenvalue weighted by Gasteiger charge is -2.16. The number of amides is 2. The molecule has 1 saturated carbocycles. The molecule has 0 aromatic carbocycles. The van der Waals surface area contributed by atoms with Gasteiger partial charge in [0, 0.05) is 37.6 Å². The van der Waals surface area contributed by atoms with Crippen LogP contribution in [0, 0.1) is 0 Å². The Hall–Kier alpha value is -2.42. The van der Waals surface area contributed by atoms with Crippen LogP contribution in [0.15, 0.2) is 29.7 Å². The summed E-state index contributed by atoms with van der Waals surface area (Å²) in [6.07, 6.45) is 6.44. The van der Waals surface area contributed by atoms with Gasteiger partial charge in [-0.2, -0.15) is 0 Å². The molecule has 0 bridgehead atoms. The van der Waals surface area contributed by atoms with Crippen molar-refractivity contribution in [1.29, 1.82) is 0 Å². The van der Waals surface area contributed by atoms with E-state index < -0.39 is 0 Å². The van der Waals surface area contributed by atoms with E-state index in [2.05, 4.69) is 27.4 Å². The molecule has 2 aromatic heterocycles. The van der Waals surface area contributed by atoms with Gasteiger partial charge >= 0.3 is 0 Å². The van der Waals surface area contributed by atoms with Crippen LogP contribution >= 0.6 is 11.8 Å². The number of carbonyl (C=O) groups excluding carboxylic acids is 2. The fourth-order valence-electron chi connectivity index (χ4n) is 2.58. The summed E-state index contributed by atoms with van der Waals surface area (Å²) < 4.78 is 2.02. The van der Waals surface area contributed by atoms with Crippen molar-refractivity contribution in [3.8, 4) is 11.4 Å². The molecule has 2 heterocycles. The third-order valence-electron chi connectivity index (χ3n) is 4.18. The van der Waals surface area contributed by atoms with E-state index in [1.807, 2.05) is 16.7 Å². The van der Waals surface area contributed by atoms with Gasteiger partial charge in [0.25, 0.3) is 0 Å². The van der Waals surface area contributed by atoms with Crippen molar-refractivity contribution < 1.29 is 9.59 Å². The largest absolute Gasteiger partial charge is 0.352 e. The van der Waals surface area contributed by atoms with Crippen LogP contribution in [-0.2, 0) is 16.1 Å². The lowest BCUT2D eigenvalue weighted by molar-refractivity contribution is -0.132. The first kappa shape index (κ1) is 19.3. The van der Waals surface area contributed by atoms with Gasteiger partial charge in [0.15, 0.2) is 11.0 Å².